The van der Waals surface area contributed by atoms with Crippen molar-refractivity contribution in [2.45, 2.75) is 25.8 Å². The monoisotopic (exact) mass is 597 g/mol. The number of ether oxygens (including phenoxy) is 1. The number of piperazine rings is 1. The Balaban J connectivity index is 1.28. The Morgan fingerprint density at radius 1 is 0.976 bits per heavy atom. The zero-order chi connectivity index (χ0) is 29.1. The summed E-state index contributed by atoms with van der Waals surface area (Å²) >= 11 is 6.46. The number of anilines is 5. The van der Waals surface area contributed by atoms with Crippen LogP contribution in [0.15, 0.2) is 42.6 Å². The molecule has 0 saturated carbocycles. The number of nitrogens with zero attached hydrogens (tertiary/aromatic N) is 5. The number of methoxy groups -OCH3 is 1. The van der Waals surface area contributed by atoms with Crippen molar-refractivity contribution in [1.82, 2.24) is 19.8 Å². The van der Waals surface area contributed by atoms with E-state index in [2.05, 4.69) is 54.5 Å². The van der Waals surface area contributed by atoms with E-state index in [1.165, 1.54) is 25.9 Å². The van der Waals surface area contributed by atoms with E-state index < -0.39 is 7.14 Å². The Hall–Kier alpha value is -2.84. The number of rotatable bonds is 8. The molecule has 2 saturated heterocycles. The second-order valence-corrected chi connectivity index (χ2v) is 15.0. The van der Waals surface area contributed by atoms with Gasteiger partial charge < -0.3 is 29.7 Å². The van der Waals surface area contributed by atoms with E-state index in [4.69, 9.17) is 16.3 Å². The summed E-state index contributed by atoms with van der Waals surface area (Å²) in [5.74, 6) is 1.53. The zero-order valence-electron chi connectivity index (χ0n) is 24.7. The van der Waals surface area contributed by atoms with Crippen LogP contribution in [0.2, 0.25) is 5.02 Å². The van der Waals surface area contributed by atoms with Gasteiger partial charge in [0.25, 0.3) is 0 Å². The summed E-state index contributed by atoms with van der Waals surface area (Å²) < 4.78 is 18.7. The molecule has 2 aliphatic heterocycles. The highest BCUT2D eigenvalue weighted by molar-refractivity contribution is 7.70. The number of aromatic nitrogens is 2. The van der Waals surface area contributed by atoms with Crippen LogP contribution in [0.4, 0.5) is 28.8 Å². The molecule has 0 radical (unpaired) electrons. The van der Waals surface area contributed by atoms with Crippen LogP contribution in [0.5, 0.6) is 5.75 Å². The number of benzene rings is 2. The quantitative estimate of drug-likeness (QED) is 0.332. The molecule has 0 spiro atoms. The number of piperidine rings is 1. The third-order valence-electron chi connectivity index (χ3n) is 8.05. The van der Waals surface area contributed by atoms with Crippen molar-refractivity contribution in [2.75, 3.05) is 82.3 Å². The molecule has 0 unspecified atom stereocenters. The van der Waals surface area contributed by atoms with E-state index in [1.807, 2.05) is 31.2 Å². The Labute approximate surface area is 248 Å². The van der Waals surface area contributed by atoms with Crippen LogP contribution >= 0.6 is 18.7 Å². The summed E-state index contributed by atoms with van der Waals surface area (Å²) in [5, 5.41) is 7.68. The smallest absolute Gasteiger partial charge is 0.229 e. The van der Waals surface area contributed by atoms with E-state index in [1.54, 1.807) is 26.6 Å². The van der Waals surface area contributed by atoms with Gasteiger partial charge >= 0.3 is 0 Å². The Bertz CT molecular complexity index is 1420. The van der Waals surface area contributed by atoms with E-state index in [0.717, 1.165) is 54.2 Å². The minimum atomic E-state index is -2.53. The first-order valence-electron chi connectivity index (χ1n) is 14.2. The maximum atomic E-state index is 12.9. The van der Waals surface area contributed by atoms with Crippen LogP contribution in [0.3, 0.4) is 0 Å². The molecular weight excluding hydrogens is 557 g/mol. The molecule has 220 valence electrons. The fourth-order valence-corrected chi connectivity index (χ4v) is 6.98. The minimum Gasteiger partial charge on any atom is -0.494 e. The van der Waals surface area contributed by atoms with Gasteiger partial charge in [0.2, 0.25) is 5.95 Å². The van der Waals surface area contributed by atoms with Crippen LogP contribution < -0.4 is 25.6 Å². The number of nitrogens with one attached hydrogen (secondary N) is 2. The fourth-order valence-electron chi connectivity index (χ4n) is 5.61. The molecule has 3 aromatic rings. The molecule has 2 aromatic carbocycles. The summed E-state index contributed by atoms with van der Waals surface area (Å²) in [4.78, 5) is 16.5. The number of likely N-dealkylation sites (N-methyl/N-ethyl adjacent to an activating group) is 1. The standard InChI is InChI=1S/C30H41ClN7O2P/c1-21-6-8-26(28(18-21)41(4,5)39)33-29-24(31)20-32-30(35-29)34-25-9-7-23(19-27(25)40-3)37-12-10-22(11-13-37)38-16-14-36(2)15-17-38/h6-9,18-20,22H,10-17H2,1-5H3,(H2,32,33,34,35). The Morgan fingerprint density at radius 3 is 2.37 bits per heavy atom. The second kappa shape index (κ2) is 12.6. The lowest BCUT2D eigenvalue weighted by Gasteiger charge is -2.42. The van der Waals surface area contributed by atoms with E-state index in [-0.39, 0.29) is 0 Å². The number of hydrogen-bond donors (Lipinski definition) is 2. The highest BCUT2D eigenvalue weighted by Gasteiger charge is 2.27. The number of halogens is 1. The van der Waals surface area contributed by atoms with Gasteiger partial charge in [0.15, 0.2) is 5.82 Å². The fraction of sp³-hybridized carbons (Fsp3) is 0.467. The van der Waals surface area contributed by atoms with E-state index in [9.17, 15) is 4.57 Å². The molecule has 9 nitrogen and oxygen atoms in total. The molecule has 5 rings (SSSR count). The van der Waals surface area contributed by atoms with Gasteiger partial charge in [0.1, 0.15) is 17.9 Å². The zero-order valence-corrected chi connectivity index (χ0v) is 26.3. The topological polar surface area (TPSA) is 85.9 Å². The lowest BCUT2D eigenvalue weighted by Crippen LogP contribution is -2.52. The lowest BCUT2D eigenvalue weighted by molar-refractivity contribution is 0.0982. The third-order valence-corrected chi connectivity index (χ3v) is 9.85. The maximum absolute atomic E-state index is 12.9. The lowest BCUT2D eigenvalue weighted by atomic mass is 10.0. The van der Waals surface area contributed by atoms with Gasteiger partial charge in [-0.15, -0.1) is 0 Å². The Kier molecular flexibility index (Phi) is 9.09. The molecule has 2 fully saturated rings. The molecule has 0 atom stereocenters. The predicted octanol–water partition coefficient (Wildman–Crippen LogP) is 5.40. The molecule has 2 N–H and O–H groups in total. The maximum Gasteiger partial charge on any atom is 0.229 e. The third kappa shape index (κ3) is 7.15. The van der Waals surface area contributed by atoms with Crippen molar-refractivity contribution >= 4 is 52.9 Å². The van der Waals surface area contributed by atoms with Crippen LogP contribution in [0.25, 0.3) is 0 Å². The molecule has 0 bridgehead atoms. The summed E-state index contributed by atoms with van der Waals surface area (Å²) in [5.41, 5.74) is 3.67. The van der Waals surface area contributed by atoms with Crippen LogP contribution in [0.1, 0.15) is 18.4 Å². The van der Waals surface area contributed by atoms with Crippen molar-refractivity contribution < 1.29 is 9.30 Å². The molecule has 1 aromatic heterocycles. The molecule has 3 heterocycles. The van der Waals surface area contributed by atoms with Gasteiger partial charge in [-0.05, 0) is 64.4 Å². The molecular formula is C30H41ClN7O2P. The van der Waals surface area contributed by atoms with Crippen LogP contribution in [-0.4, -0.2) is 92.6 Å². The van der Waals surface area contributed by atoms with Crippen molar-refractivity contribution in [1.29, 1.82) is 0 Å². The van der Waals surface area contributed by atoms with E-state index >= 15 is 0 Å². The molecule has 2 aliphatic rings. The highest BCUT2D eigenvalue weighted by Crippen LogP contribution is 2.39. The predicted molar refractivity (Wildman–Crippen MR) is 171 cm³/mol. The average molecular weight is 598 g/mol. The Morgan fingerprint density at radius 2 is 1.68 bits per heavy atom. The normalized spacial score (nSPS) is 17.5. The highest BCUT2D eigenvalue weighted by atomic mass is 35.5. The minimum absolute atomic E-state index is 0.367. The number of aryl methyl sites for hydroxylation is 1. The van der Waals surface area contributed by atoms with Gasteiger partial charge in [-0.2, -0.15) is 4.98 Å². The molecule has 41 heavy (non-hydrogen) atoms. The first-order valence-corrected chi connectivity index (χ1v) is 17.2. The van der Waals surface area contributed by atoms with Crippen molar-refractivity contribution in [3.8, 4) is 5.75 Å². The summed E-state index contributed by atoms with van der Waals surface area (Å²) in [6, 6.07) is 12.7. The summed E-state index contributed by atoms with van der Waals surface area (Å²) in [6.45, 7) is 12.2. The largest absolute Gasteiger partial charge is 0.494 e. The van der Waals surface area contributed by atoms with Crippen LogP contribution in [0, 0.1) is 6.92 Å². The van der Waals surface area contributed by atoms with Crippen molar-refractivity contribution in [2.24, 2.45) is 0 Å². The van der Waals surface area contributed by atoms with Crippen molar-refractivity contribution in [3.05, 3.63) is 53.2 Å². The van der Waals surface area contributed by atoms with Gasteiger partial charge in [-0.1, -0.05) is 23.2 Å². The summed E-state index contributed by atoms with van der Waals surface area (Å²) in [7, 11) is 1.35. The van der Waals surface area contributed by atoms with Crippen LogP contribution in [-0.2, 0) is 4.57 Å². The second-order valence-electron chi connectivity index (χ2n) is 11.5. The molecule has 11 heteroatoms. The van der Waals surface area contributed by atoms with E-state index in [0.29, 0.717) is 28.5 Å². The van der Waals surface area contributed by atoms with Gasteiger partial charge in [0.05, 0.1) is 24.7 Å². The first kappa shape index (κ1) is 29.6. The first-order chi connectivity index (χ1) is 19.6. The van der Waals surface area contributed by atoms with Crippen molar-refractivity contribution in [3.63, 3.8) is 0 Å². The summed E-state index contributed by atoms with van der Waals surface area (Å²) in [6.07, 6.45) is 3.90. The average Bonchev–Trinajstić information content (AvgIpc) is 2.96. The molecule has 0 amide bonds. The van der Waals surface area contributed by atoms with Gasteiger partial charge in [-0.25, -0.2) is 4.98 Å². The SMILES string of the molecule is COc1cc(N2CCC(N3CCN(C)CC3)CC2)ccc1Nc1ncc(Cl)c(Nc2ccc(C)cc2P(C)(C)=O)n1. The number of hydrogen-bond acceptors (Lipinski definition) is 9. The van der Waals surface area contributed by atoms with Gasteiger partial charge in [-0.3, -0.25) is 4.90 Å². The molecule has 0 aliphatic carbocycles. The van der Waals surface area contributed by atoms with Gasteiger partial charge in [0, 0.05) is 62.4 Å².